The molecule has 2 heterocycles. The largest absolute Gasteiger partial charge is 0.357 e. The lowest BCUT2D eigenvalue weighted by Gasteiger charge is -2.11. The van der Waals surface area contributed by atoms with Gasteiger partial charge in [0.2, 0.25) is 5.95 Å². The average Bonchev–Trinajstić information content (AvgIpc) is 2.91. The lowest BCUT2D eigenvalue weighted by atomic mass is 10.2. The fourth-order valence-electron chi connectivity index (χ4n) is 1.90. The molecular formula is C13H13BrN6. The van der Waals surface area contributed by atoms with Gasteiger partial charge in [-0.25, -0.2) is 0 Å². The quantitative estimate of drug-likeness (QED) is 0.686. The number of anilines is 3. The predicted molar refractivity (Wildman–Crippen MR) is 83.4 cm³/mol. The standard InChI is InChI=1S/C13H13BrN6/c1-7-3-4-8(14)5-10(7)17-11-9-6-16-20-12(9)19-13(15-2)18-11/h3-6H,1-2H3,(H3,15,16,17,18,19,20). The van der Waals surface area contributed by atoms with Gasteiger partial charge in [-0.1, -0.05) is 22.0 Å². The van der Waals surface area contributed by atoms with Crippen molar-refractivity contribution in [1.29, 1.82) is 0 Å². The van der Waals surface area contributed by atoms with Crippen LogP contribution in [0.15, 0.2) is 28.9 Å². The SMILES string of the molecule is CNc1nc(Nc2cc(Br)ccc2C)c2cn[nH]c2n1. The van der Waals surface area contributed by atoms with Gasteiger partial charge in [0.1, 0.15) is 5.82 Å². The minimum Gasteiger partial charge on any atom is -0.357 e. The van der Waals surface area contributed by atoms with Gasteiger partial charge in [-0.15, -0.1) is 0 Å². The topological polar surface area (TPSA) is 78.5 Å². The summed E-state index contributed by atoms with van der Waals surface area (Å²) in [6.07, 6.45) is 1.71. The third-order valence-electron chi connectivity index (χ3n) is 2.99. The van der Waals surface area contributed by atoms with Gasteiger partial charge in [-0.05, 0) is 24.6 Å². The first-order valence-corrected chi connectivity index (χ1v) is 6.88. The van der Waals surface area contributed by atoms with Crippen LogP contribution in [-0.4, -0.2) is 27.2 Å². The van der Waals surface area contributed by atoms with Gasteiger partial charge in [-0.3, -0.25) is 5.10 Å². The molecule has 0 saturated heterocycles. The van der Waals surface area contributed by atoms with Gasteiger partial charge in [0, 0.05) is 17.2 Å². The molecule has 0 aliphatic rings. The summed E-state index contributed by atoms with van der Waals surface area (Å²) < 4.78 is 1.01. The summed E-state index contributed by atoms with van der Waals surface area (Å²) in [5.41, 5.74) is 2.82. The summed E-state index contributed by atoms with van der Waals surface area (Å²) in [5.74, 6) is 1.26. The molecule has 0 radical (unpaired) electrons. The molecular weight excluding hydrogens is 320 g/mol. The molecule has 6 nitrogen and oxygen atoms in total. The summed E-state index contributed by atoms with van der Waals surface area (Å²) >= 11 is 3.48. The van der Waals surface area contributed by atoms with Crippen LogP contribution in [0.5, 0.6) is 0 Å². The van der Waals surface area contributed by atoms with E-state index in [9.17, 15) is 0 Å². The number of H-pyrrole nitrogens is 1. The van der Waals surface area contributed by atoms with Crippen molar-refractivity contribution in [2.45, 2.75) is 6.92 Å². The molecule has 0 atom stereocenters. The van der Waals surface area contributed by atoms with Crippen LogP contribution in [0, 0.1) is 6.92 Å². The van der Waals surface area contributed by atoms with Crippen LogP contribution >= 0.6 is 15.9 Å². The number of fused-ring (bicyclic) bond motifs is 1. The molecule has 0 amide bonds. The Morgan fingerprint density at radius 2 is 2.10 bits per heavy atom. The number of rotatable bonds is 3. The molecule has 0 saturated carbocycles. The first-order valence-electron chi connectivity index (χ1n) is 6.09. The molecule has 1 aromatic carbocycles. The summed E-state index contributed by atoms with van der Waals surface area (Å²) in [6, 6.07) is 6.06. The summed E-state index contributed by atoms with van der Waals surface area (Å²) in [6.45, 7) is 2.04. The van der Waals surface area contributed by atoms with Crippen molar-refractivity contribution in [3.8, 4) is 0 Å². The number of hydrogen-bond donors (Lipinski definition) is 3. The highest BCUT2D eigenvalue weighted by Crippen LogP contribution is 2.27. The van der Waals surface area contributed by atoms with E-state index in [-0.39, 0.29) is 0 Å². The number of nitrogens with one attached hydrogen (secondary N) is 3. The highest BCUT2D eigenvalue weighted by molar-refractivity contribution is 9.10. The first kappa shape index (κ1) is 12.9. The van der Waals surface area contributed by atoms with Crippen LogP contribution < -0.4 is 10.6 Å². The molecule has 3 rings (SSSR count). The molecule has 0 aliphatic heterocycles. The zero-order chi connectivity index (χ0) is 14.1. The maximum atomic E-state index is 4.45. The Hall–Kier alpha value is -2.15. The van der Waals surface area contributed by atoms with E-state index in [0.717, 1.165) is 21.1 Å². The van der Waals surface area contributed by atoms with Crippen LogP contribution in [0.25, 0.3) is 11.0 Å². The number of aryl methyl sites for hydroxylation is 1. The van der Waals surface area contributed by atoms with Crippen molar-refractivity contribution in [2.24, 2.45) is 0 Å². The second kappa shape index (κ2) is 5.09. The molecule has 20 heavy (non-hydrogen) atoms. The Morgan fingerprint density at radius 1 is 1.25 bits per heavy atom. The number of benzene rings is 1. The van der Waals surface area contributed by atoms with Gasteiger partial charge >= 0.3 is 0 Å². The number of aromatic amines is 1. The fraction of sp³-hybridized carbons (Fsp3) is 0.154. The third kappa shape index (κ3) is 2.32. The van der Waals surface area contributed by atoms with E-state index in [0.29, 0.717) is 17.4 Å². The molecule has 7 heteroatoms. The number of hydrogen-bond acceptors (Lipinski definition) is 5. The van der Waals surface area contributed by atoms with E-state index in [1.807, 2.05) is 25.1 Å². The molecule has 3 N–H and O–H groups in total. The van der Waals surface area contributed by atoms with E-state index in [1.54, 1.807) is 13.2 Å². The van der Waals surface area contributed by atoms with Crippen LogP contribution in [0.2, 0.25) is 0 Å². The van der Waals surface area contributed by atoms with Gasteiger partial charge in [-0.2, -0.15) is 15.1 Å². The highest BCUT2D eigenvalue weighted by Gasteiger charge is 2.10. The van der Waals surface area contributed by atoms with E-state index in [2.05, 4.69) is 46.7 Å². The minimum atomic E-state index is 0.539. The Labute approximate surface area is 124 Å². The molecule has 0 spiro atoms. The smallest absolute Gasteiger partial charge is 0.226 e. The van der Waals surface area contributed by atoms with Crippen molar-refractivity contribution >= 4 is 44.4 Å². The van der Waals surface area contributed by atoms with Crippen molar-refractivity contribution < 1.29 is 0 Å². The zero-order valence-corrected chi connectivity index (χ0v) is 12.6. The van der Waals surface area contributed by atoms with Crippen molar-refractivity contribution in [1.82, 2.24) is 20.2 Å². The van der Waals surface area contributed by atoms with Gasteiger partial charge < -0.3 is 10.6 Å². The Bertz CT molecular complexity index is 767. The summed E-state index contributed by atoms with van der Waals surface area (Å²) in [7, 11) is 1.78. The maximum Gasteiger partial charge on any atom is 0.226 e. The molecule has 0 bridgehead atoms. The molecule has 0 fully saturated rings. The number of nitrogens with zero attached hydrogens (tertiary/aromatic N) is 3. The summed E-state index contributed by atoms with van der Waals surface area (Å²) in [5, 5.41) is 14.0. The lowest BCUT2D eigenvalue weighted by Crippen LogP contribution is -2.02. The van der Waals surface area contributed by atoms with Crippen molar-refractivity contribution in [3.63, 3.8) is 0 Å². The molecule has 2 aromatic heterocycles. The predicted octanol–water partition coefficient (Wildman–Crippen LogP) is 3.21. The second-order valence-electron chi connectivity index (χ2n) is 4.36. The lowest BCUT2D eigenvalue weighted by molar-refractivity contribution is 1.09. The van der Waals surface area contributed by atoms with E-state index >= 15 is 0 Å². The Kier molecular flexibility index (Phi) is 3.27. The minimum absolute atomic E-state index is 0.539. The van der Waals surface area contributed by atoms with E-state index in [1.165, 1.54) is 0 Å². The van der Waals surface area contributed by atoms with E-state index in [4.69, 9.17) is 0 Å². The Morgan fingerprint density at radius 3 is 2.90 bits per heavy atom. The third-order valence-corrected chi connectivity index (χ3v) is 3.48. The van der Waals surface area contributed by atoms with Crippen LogP contribution in [0.1, 0.15) is 5.56 Å². The normalized spacial score (nSPS) is 10.8. The fourth-order valence-corrected chi connectivity index (χ4v) is 2.26. The van der Waals surface area contributed by atoms with Crippen LogP contribution in [0.4, 0.5) is 17.5 Å². The van der Waals surface area contributed by atoms with Crippen LogP contribution in [-0.2, 0) is 0 Å². The maximum absolute atomic E-state index is 4.45. The number of aromatic nitrogens is 4. The van der Waals surface area contributed by atoms with Gasteiger partial charge in [0.05, 0.1) is 11.6 Å². The second-order valence-corrected chi connectivity index (χ2v) is 5.28. The zero-order valence-electron chi connectivity index (χ0n) is 11.0. The van der Waals surface area contributed by atoms with Crippen molar-refractivity contribution in [3.05, 3.63) is 34.4 Å². The molecule has 102 valence electrons. The first-order chi connectivity index (χ1) is 9.67. The average molecular weight is 333 g/mol. The molecule has 0 unspecified atom stereocenters. The van der Waals surface area contributed by atoms with E-state index < -0.39 is 0 Å². The van der Waals surface area contributed by atoms with Gasteiger partial charge in [0.15, 0.2) is 5.65 Å². The summed E-state index contributed by atoms with van der Waals surface area (Å²) in [4.78, 5) is 8.76. The highest BCUT2D eigenvalue weighted by atomic mass is 79.9. The Balaban J connectivity index is 2.09. The molecule has 0 aliphatic carbocycles. The van der Waals surface area contributed by atoms with Crippen molar-refractivity contribution in [2.75, 3.05) is 17.7 Å². The molecule has 3 aromatic rings. The van der Waals surface area contributed by atoms with Gasteiger partial charge in [0.25, 0.3) is 0 Å². The number of halogens is 1. The van der Waals surface area contributed by atoms with Crippen LogP contribution in [0.3, 0.4) is 0 Å². The monoisotopic (exact) mass is 332 g/mol.